The minimum atomic E-state index is 0.183. The predicted molar refractivity (Wildman–Crippen MR) is 121 cm³/mol. The Morgan fingerprint density at radius 1 is 1.15 bits per heavy atom. The third-order valence-corrected chi connectivity index (χ3v) is 6.16. The fourth-order valence-electron chi connectivity index (χ4n) is 4.12. The molecule has 1 unspecified atom stereocenters. The van der Waals surface area contributed by atoms with Gasteiger partial charge in [-0.3, -0.25) is 0 Å². The highest BCUT2D eigenvalue weighted by molar-refractivity contribution is 6.72. The number of para-hydroxylation sites is 1. The molecule has 0 aliphatic carbocycles. The molecule has 0 saturated carbocycles. The lowest BCUT2D eigenvalue weighted by Gasteiger charge is -2.41. The Bertz CT molecular complexity index is 536. The van der Waals surface area contributed by atoms with Crippen LogP contribution in [0.4, 0.5) is 5.69 Å². The topological polar surface area (TPSA) is 18.5 Å². The van der Waals surface area contributed by atoms with Crippen molar-refractivity contribution in [3.05, 3.63) is 29.8 Å². The molecule has 0 radical (unpaired) electrons. The maximum atomic E-state index is 3.46. The second kappa shape index (κ2) is 10.4. The molecule has 2 rings (SSSR count). The molecule has 0 aromatic heterocycles. The van der Waals surface area contributed by atoms with Gasteiger partial charge in [-0.15, -0.1) is 0 Å². The SMILES string of the molecule is CC.CCCCCN(B(C)NC)B(C)N1c2ccccc2C(C)(C)C1C. The fourth-order valence-corrected chi connectivity index (χ4v) is 4.12. The maximum absolute atomic E-state index is 3.46. The Morgan fingerprint density at radius 3 is 2.35 bits per heavy atom. The van der Waals surface area contributed by atoms with E-state index in [1.807, 2.05) is 13.8 Å². The second-order valence-corrected chi connectivity index (χ2v) is 7.86. The molecule has 3 nitrogen and oxygen atoms in total. The average Bonchev–Trinajstić information content (AvgIpc) is 2.86. The molecule has 1 aromatic rings. The molecule has 0 bridgehead atoms. The third kappa shape index (κ3) is 4.67. The van der Waals surface area contributed by atoms with Crippen molar-refractivity contribution in [3.63, 3.8) is 0 Å². The van der Waals surface area contributed by atoms with E-state index in [9.17, 15) is 0 Å². The summed E-state index contributed by atoms with van der Waals surface area (Å²) in [7, 11) is 2.06. The van der Waals surface area contributed by atoms with Gasteiger partial charge in [-0.05, 0) is 38.6 Å². The van der Waals surface area contributed by atoms with Gasteiger partial charge in [-0.1, -0.05) is 79.3 Å². The van der Waals surface area contributed by atoms with E-state index in [-0.39, 0.29) is 5.41 Å². The largest absolute Gasteiger partial charge is 0.398 e. The van der Waals surface area contributed by atoms with Crippen LogP contribution in [-0.4, -0.2) is 38.3 Å². The summed E-state index contributed by atoms with van der Waals surface area (Å²) in [5.74, 6) is 0. The molecule has 0 fully saturated rings. The number of rotatable bonds is 8. The Labute approximate surface area is 164 Å². The summed E-state index contributed by atoms with van der Waals surface area (Å²) in [6.45, 7) is 20.0. The molecule has 0 amide bonds. The standard InChI is InChI=1S/C19H35B2N3.C2H6/c1-8-9-12-15-23(20(5)22-7)21(6)24-16(2)19(3,4)17-13-10-11-14-18(17)24;1-2/h10-11,13-14,16,22H,8-9,12,15H2,1-7H3;1-2H3. The van der Waals surface area contributed by atoms with Gasteiger partial charge >= 0.3 is 6.98 Å². The highest BCUT2D eigenvalue weighted by Gasteiger charge is 2.46. The normalized spacial score (nSPS) is 17.6. The van der Waals surface area contributed by atoms with Crippen LogP contribution in [0.5, 0.6) is 0 Å². The molecule has 146 valence electrons. The smallest absolute Gasteiger partial charge is 0.329 e. The van der Waals surface area contributed by atoms with Gasteiger partial charge in [0.25, 0.3) is 6.98 Å². The van der Waals surface area contributed by atoms with E-state index < -0.39 is 0 Å². The molecule has 0 spiro atoms. The van der Waals surface area contributed by atoms with E-state index in [2.05, 4.69) is 87.4 Å². The Balaban J connectivity index is 0.00000163. The van der Waals surface area contributed by atoms with Crippen molar-refractivity contribution in [3.8, 4) is 0 Å². The monoisotopic (exact) mass is 357 g/mol. The first kappa shape index (κ1) is 23.1. The van der Waals surface area contributed by atoms with Crippen molar-refractivity contribution in [2.24, 2.45) is 0 Å². The van der Waals surface area contributed by atoms with Gasteiger partial charge in [0.15, 0.2) is 0 Å². The van der Waals surface area contributed by atoms with Crippen molar-refractivity contribution in [1.82, 2.24) is 9.95 Å². The van der Waals surface area contributed by atoms with Crippen molar-refractivity contribution < 1.29 is 0 Å². The van der Waals surface area contributed by atoms with Crippen molar-refractivity contribution in [2.75, 3.05) is 18.4 Å². The number of benzene rings is 1. The summed E-state index contributed by atoms with van der Waals surface area (Å²) in [5.41, 5.74) is 3.07. The van der Waals surface area contributed by atoms with Crippen LogP contribution in [0.3, 0.4) is 0 Å². The van der Waals surface area contributed by atoms with Crippen LogP contribution in [0.1, 0.15) is 66.4 Å². The van der Waals surface area contributed by atoms with Crippen LogP contribution in [0.15, 0.2) is 24.3 Å². The molecular weight excluding hydrogens is 316 g/mol. The highest BCUT2D eigenvalue weighted by Crippen LogP contribution is 2.45. The lowest BCUT2D eigenvalue weighted by Crippen LogP contribution is -2.62. The Morgan fingerprint density at radius 2 is 1.77 bits per heavy atom. The molecule has 0 saturated heterocycles. The van der Waals surface area contributed by atoms with E-state index in [0.29, 0.717) is 20.0 Å². The molecule has 1 aliphatic rings. The number of hydrogen-bond donors (Lipinski definition) is 1. The van der Waals surface area contributed by atoms with Crippen molar-refractivity contribution >= 4 is 19.7 Å². The second-order valence-electron chi connectivity index (χ2n) is 7.86. The zero-order valence-corrected chi connectivity index (χ0v) is 18.8. The summed E-state index contributed by atoms with van der Waals surface area (Å²) in [5, 5.41) is 3.46. The summed E-state index contributed by atoms with van der Waals surface area (Å²) in [6.07, 6.45) is 3.84. The van der Waals surface area contributed by atoms with Gasteiger partial charge in [0, 0.05) is 17.1 Å². The first-order chi connectivity index (χ1) is 12.4. The lowest BCUT2D eigenvalue weighted by molar-refractivity contribution is 0.459. The summed E-state index contributed by atoms with van der Waals surface area (Å²) >= 11 is 0. The highest BCUT2D eigenvalue weighted by atomic mass is 15.2. The molecule has 26 heavy (non-hydrogen) atoms. The summed E-state index contributed by atoms with van der Waals surface area (Å²) in [6, 6.07) is 9.45. The molecule has 1 aliphatic heterocycles. The van der Waals surface area contributed by atoms with E-state index in [0.717, 1.165) is 6.54 Å². The Hall–Kier alpha value is -0.930. The predicted octanol–water partition coefficient (Wildman–Crippen LogP) is 5.15. The molecular formula is C21H41B2N3. The van der Waals surface area contributed by atoms with Crippen LogP contribution in [0.25, 0.3) is 0 Å². The molecule has 1 aromatic carbocycles. The Kier molecular flexibility index (Phi) is 9.26. The molecule has 1 atom stereocenters. The zero-order chi connectivity index (χ0) is 19.9. The van der Waals surface area contributed by atoms with E-state index in [1.165, 1.54) is 30.5 Å². The minimum absolute atomic E-state index is 0.183. The first-order valence-corrected chi connectivity index (χ1v) is 10.7. The van der Waals surface area contributed by atoms with Crippen LogP contribution in [0.2, 0.25) is 13.6 Å². The van der Waals surface area contributed by atoms with Gasteiger partial charge < -0.3 is 14.8 Å². The number of unbranched alkanes of at least 4 members (excludes halogenated alkanes) is 2. The third-order valence-electron chi connectivity index (χ3n) is 6.16. The average molecular weight is 357 g/mol. The van der Waals surface area contributed by atoms with E-state index >= 15 is 0 Å². The number of hydrogen-bond acceptors (Lipinski definition) is 3. The number of anilines is 1. The summed E-state index contributed by atoms with van der Waals surface area (Å²) < 4.78 is 2.62. The van der Waals surface area contributed by atoms with Crippen molar-refractivity contribution in [1.29, 1.82) is 0 Å². The molecule has 5 heteroatoms. The van der Waals surface area contributed by atoms with Crippen LogP contribution >= 0.6 is 0 Å². The van der Waals surface area contributed by atoms with Gasteiger partial charge in [0.05, 0.1) is 0 Å². The van der Waals surface area contributed by atoms with Gasteiger partial charge in [-0.2, -0.15) is 0 Å². The number of nitrogens with one attached hydrogen (secondary N) is 1. The van der Waals surface area contributed by atoms with Gasteiger partial charge in [-0.25, -0.2) is 0 Å². The quantitative estimate of drug-likeness (QED) is 0.513. The minimum Gasteiger partial charge on any atom is -0.398 e. The lowest BCUT2D eigenvalue weighted by atomic mass is 9.60. The molecule has 1 heterocycles. The number of nitrogens with zero attached hydrogens (tertiary/aromatic N) is 2. The van der Waals surface area contributed by atoms with E-state index in [1.54, 1.807) is 0 Å². The van der Waals surface area contributed by atoms with Gasteiger partial charge in [0.2, 0.25) is 0 Å². The maximum Gasteiger partial charge on any atom is 0.329 e. The number of fused-ring (bicyclic) bond motifs is 1. The zero-order valence-electron chi connectivity index (χ0n) is 18.8. The molecule has 1 N–H and O–H groups in total. The van der Waals surface area contributed by atoms with Crippen LogP contribution < -0.4 is 10.0 Å². The first-order valence-electron chi connectivity index (χ1n) is 10.7. The van der Waals surface area contributed by atoms with E-state index in [4.69, 9.17) is 0 Å². The van der Waals surface area contributed by atoms with Crippen molar-refractivity contribution in [2.45, 2.75) is 85.9 Å². The summed E-state index contributed by atoms with van der Waals surface area (Å²) in [4.78, 5) is 2.63. The van der Waals surface area contributed by atoms with Crippen LogP contribution in [-0.2, 0) is 5.41 Å². The fraction of sp³-hybridized carbons (Fsp3) is 0.714. The van der Waals surface area contributed by atoms with Crippen LogP contribution in [0, 0.1) is 0 Å². The van der Waals surface area contributed by atoms with Gasteiger partial charge in [0.1, 0.15) is 0 Å².